The Balaban J connectivity index is 2.25. The largest absolute Gasteiger partial charge is 0.315 e. The van der Waals surface area contributed by atoms with Gasteiger partial charge in [-0.2, -0.15) is 0 Å². The Morgan fingerprint density at radius 3 is 2.83 bits per heavy atom. The first-order valence-electron chi connectivity index (χ1n) is 5.90. The number of amides is 2. The zero-order valence-electron chi connectivity index (χ0n) is 10.8. The number of hydrogen-bond acceptors (Lipinski definition) is 3. The number of nitrogens with one attached hydrogen (secondary N) is 2. The van der Waals surface area contributed by atoms with Crippen LogP contribution in [0.2, 0.25) is 0 Å². The van der Waals surface area contributed by atoms with Crippen molar-refractivity contribution in [1.82, 2.24) is 10.9 Å². The quantitative estimate of drug-likeness (QED) is 0.767. The van der Waals surface area contributed by atoms with E-state index in [2.05, 4.69) is 10.9 Å². The van der Waals surface area contributed by atoms with Crippen LogP contribution in [0.25, 0.3) is 0 Å². The van der Waals surface area contributed by atoms with Crippen LogP contribution in [-0.2, 0) is 16.0 Å². The third-order valence-electron chi connectivity index (χ3n) is 3.32. The van der Waals surface area contributed by atoms with Gasteiger partial charge in [-0.15, -0.1) is 0 Å². The highest BCUT2D eigenvalue weighted by molar-refractivity contribution is 6.01. The smallest absolute Gasteiger partial charge is 0.241 e. The number of fused-ring (bicyclic) bond motifs is 1. The predicted molar refractivity (Wildman–Crippen MR) is 69.2 cm³/mol. The Bertz CT molecular complexity index is 499. The third-order valence-corrected chi connectivity index (χ3v) is 3.32. The van der Waals surface area contributed by atoms with Crippen LogP contribution in [0.15, 0.2) is 18.2 Å². The number of hydrazine groups is 1. The summed E-state index contributed by atoms with van der Waals surface area (Å²) in [5.41, 5.74) is 8.03. The van der Waals surface area contributed by atoms with Crippen LogP contribution < -0.4 is 15.8 Å². The lowest BCUT2D eigenvalue weighted by atomic mass is 9.97. The number of likely N-dealkylation sites (N-methyl/N-ethyl adjacent to an activating group) is 1. The van der Waals surface area contributed by atoms with E-state index in [1.54, 1.807) is 19.0 Å². The topological polar surface area (TPSA) is 61.4 Å². The van der Waals surface area contributed by atoms with Gasteiger partial charge in [0.15, 0.2) is 0 Å². The molecule has 1 unspecified atom stereocenters. The first-order chi connectivity index (χ1) is 8.54. The van der Waals surface area contributed by atoms with E-state index in [-0.39, 0.29) is 17.7 Å². The van der Waals surface area contributed by atoms with Gasteiger partial charge >= 0.3 is 0 Å². The SMILES string of the molecule is CNNC(=O)C(C)c1ccc2c(c1)CC(=O)N2C. The zero-order chi connectivity index (χ0) is 13.3. The van der Waals surface area contributed by atoms with Crippen molar-refractivity contribution in [3.8, 4) is 0 Å². The second kappa shape index (κ2) is 4.78. The molecular weight excluding hydrogens is 230 g/mol. The molecule has 0 spiro atoms. The Hall–Kier alpha value is -1.88. The number of rotatable bonds is 3. The van der Waals surface area contributed by atoms with Crippen molar-refractivity contribution in [2.24, 2.45) is 0 Å². The standard InChI is InChI=1S/C13H17N3O2/c1-8(13(18)15-14-2)9-4-5-11-10(6-9)7-12(17)16(11)3/h4-6,8,14H,7H2,1-3H3,(H,15,18). The summed E-state index contributed by atoms with van der Waals surface area (Å²) in [6.07, 6.45) is 0.417. The second-order valence-corrected chi connectivity index (χ2v) is 4.48. The van der Waals surface area contributed by atoms with Gasteiger partial charge < -0.3 is 4.90 Å². The van der Waals surface area contributed by atoms with E-state index < -0.39 is 0 Å². The van der Waals surface area contributed by atoms with Crippen LogP contribution in [0.1, 0.15) is 24.0 Å². The van der Waals surface area contributed by atoms with Crippen molar-refractivity contribution in [1.29, 1.82) is 0 Å². The Kier molecular flexibility index (Phi) is 3.34. The molecule has 2 amide bonds. The number of carbonyl (C=O) groups is 2. The van der Waals surface area contributed by atoms with Gasteiger partial charge in [0.25, 0.3) is 0 Å². The van der Waals surface area contributed by atoms with Gasteiger partial charge in [-0.3, -0.25) is 15.0 Å². The lowest BCUT2D eigenvalue weighted by molar-refractivity contribution is -0.123. The molecule has 5 nitrogen and oxygen atoms in total. The maximum absolute atomic E-state index is 11.7. The Morgan fingerprint density at radius 1 is 1.44 bits per heavy atom. The zero-order valence-corrected chi connectivity index (χ0v) is 10.8. The predicted octanol–water partition coefficient (Wildman–Crippen LogP) is 0.560. The van der Waals surface area contributed by atoms with Crippen LogP contribution in [0.3, 0.4) is 0 Å². The van der Waals surface area contributed by atoms with Gasteiger partial charge in [0.1, 0.15) is 0 Å². The molecule has 1 aromatic carbocycles. The van der Waals surface area contributed by atoms with Crippen LogP contribution in [-0.4, -0.2) is 25.9 Å². The van der Waals surface area contributed by atoms with Crippen molar-refractivity contribution in [3.63, 3.8) is 0 Å². The lowest BCUT2D eigenvalue weighted by Gasteiger charge is -2.14. The molecular formula is C13H17N3O2. The molecule has 18 heavy (non-hydrogen) atoms. The lowest BCUT2D eigenvalue weighted by Crippen LogP contribution is -2.37. The summed E-state index contributed by atoms with van der Waals surface area (Å²) in [6.45, 7) is 1.84. The van der Waals surface area contributed by atoms with Crippen LogP contribution in [0, 0.1) is 0 Å². The fourth-order valence-corrected chi connectivity index (χ4v) is 2.14. The molecule has 0 bridgehead atoms. The summed E-state index contributed by atoms with van der Waals surface area (Å²) in [5.74, 6) is -0.242. The minimum atomic E-state index is -0.247. The number of hydrogen-bond donors (Lipinski definition) is 2. The van der Waals surface area contributed by atoms with E-state index in [9.17, 15) is 9.59 Å². The molecule has 2 N–H and O–H groups in total. The van der Waals surface area contributed by atoms with Gasteiger partial charge in [-0.1, -0.05) is 12.1 Å². The third kappa shape index (κ3) is 2.09. The maximum Gasteiger partial charge on any atom is 0.241 e. The van der Waals surface area contributed by atoms with Crippen LogP contribution in [0.5, 0.6) is 0 Å². The molecule has 1 aliphatic heterocycles. The molecule has 0 fully saturated rings. The molecule has 0 aromatic heterocycles. The average Bonchev–Trinajstić information content (AvgIpc) is 2.64. The first kappa shape index (κ1) is 12.6. The highest BCUT2D eigenvalue weighted by atomic mass is 16.2. The fourth-order valence-electron chi connectivity index (χ4n) is 2.14. The molecule has 1 atom stereocenters. The summed E-state index contributed by atoms with van der Waals surface area (Å²) in [6, 6.07) is 5.74. The Labute approximate surface area is 106 Å². The minimum absolute atomic E-state index is 0.0878. The molecule has 0 radical (unpaired) electrons. The van der Waals surface area contributed by atoms with E-state index in [0.29, 0.717) is 6.42 Å². The fraction of sp³-hybridized carbons (Fsp3) is 0.385. The van der Waals surface area contributed by atoms with Gasteiger partial charge in [0, 0.05) is 19.8 Å². The van der Waals surface area contributed by atoms with Crippen molar-refractivity contribution in [2.75, 3.05) is 19.0 Å². The molecule has 96 valence electrons. The Morgan fingerprint density at radius 2 is 2.17 bits per heavy atom. The van der Waals surface area contributed by atoms with E-state index in [1.165, 1.54) is 0 Å². The summed E-state index contributed by atoms with van der Waals surface area (Å²) in [5, 5.41) is 0. The summed E-state index contributed by atoms with van der Waals surface area (Å²) in [7, 11) is 3.42. The van der Waals surface area contributed by atoms with E-state index in [1.807, 2.05) is 25.1 Å². The summed E-state index contributed by atoms with van der Waals surface area (Å²) >= 11 is 0. The van der Waals surface area contributed by atoms with Crippen LogP contribution >= 0.6 is 0 Å². The minimum Gasteiger partial charge on any atom is -0.315 e. The van der Waals surface area contributed by atoms with Gasteiger partial charge in [-0.25, -0.2) is 5.43 Å². The number of anilines is 1. The number of carbonyl (C=O) groups excluding carboxylic acids is 2. The highest BCUT2D eigenvalue weighted by Gasteiger charge is 2.25. The summed E-state index contributed by atoms with van der Waals surface area (Å²) < 4.78 is 0. The monoisotopic (exact) mass is 247 g/mol. The molecule has 1 aliphatic rings. The van der Waals surface area contributed by atoms with E-state index >= 15 is 0 Å². The number of benzene rings is 1. The summed E-state index contributed by atoms with van der Waals surface area (Å²) in [4.78, 5) is 25.0. The number of nitrogens with zero attached hydrogens (tertiary/aromatic N) is 1. The second-order valence-electron chi connectivity index (χ2n) is 4.48. The van der Waals surface area contributed by atoms with Gasteiger partial charge in [-0.05, 0) is 24.1 Å². The molecule has 2 rings (SSSR count). The van der Waals surface area contributed by atoms with E-state index in [0.717, 1.165) is 16.8 Å². The molecule has 1 aromatic rings. The molecule has 0 saturated heterocycles. The first-order valence-corrected chi connectivity index (χ1v) is 5.90. The normalized spacial score (nSPS) is 15.5. The highest BCUT2D eigenvalue weighted by Crippen LogP contribution is 2.30. The van der Waals surface area contributed by atoms with Crippen molar-refractivity contribution in [2.45, 2.75) is 19.3 Å². The van der Waals surface area contributed by atoms with Crippen molar-refractivity contribution in [3.05, 3.63) is 29.3 Å². The molecule has 0 aliphatic carbocycles. The van der Waals surface area contributed by atoms with Crippen LogP contribution in [0.4, 0.5) is 5.69 Å². The van der Waals surface area contributed by atoms with Crippen molar-refractivity contribution < 1.29 is 9.59 Å². The van der Waals surface area contributed by atoms with Gasteiger partial charge in [0.05, 0.1) is 12.3 Å². The molecule has 0 saturated carbocycles. The molecule has 1 heterocycles. The maximum atomic E-state index is 11.7. The van der Waals surface area contributed by atoms with Gasteiger partial charge in [0.2, 0.25) is 11.8 Å². The van der Waals surface area contributed by atoms with E-state index in [4.69, 9.17) is 0 Å². The van der Waals surface area contributed by atoms with Crippen molar-refractivity contribution >= 4 is 17.5 Å². The average molecular weight is 247 g/mol. The molecule has 5 heteroatoms.